The molecule has 2 heterocycles. The van der Waals surface area contributed by atoms with Crippen LogP contribution in [0.1, 0.15) is 5.69 Å². The predicted octanol–water partition coefficient (Wildman–Crippen LogP) is 1.84. The minimum Gasteiger partial charge on any atom is -0.396 e. The van der Waals surface area contributed by atoms with Gasteiger partial charge in [0.15, 0.2) is 0 Å². The molecule has 0 saturated heterocycles. The van der Waals surface area contributed by atoms with E-state index < -0.39 is 5.79 Å². The van der Waals surface area contributed by atoms with Crippen molar-refractivity contribution in [3.8, 4) is 11.3 Å². The van der Waals surface area contributed by atoms with E-state index in [2.05, 4.69) is 20.5 Å². The number of nitrogens with two attached hydrogens (primary N) is 2. The third-order valence-corrected chi connectivity index (χ3v) is 3.97. The van der Waals surface area contributed by atoms with Crippen LogP contribution in [0.4, 0.5) is 0 Å². The van der Waals surface area contributed by atoms with Gasteiger partial charge in [0.1, 0.15) is 11.4 Å². The number of nitrogens with zero attached hydrogens (tertiary/aromatic N) is 3. The van der Waals surface area contributed by atoms with E-state index in [9.17, 15) is 0 Å². The molecule has 1 aliphatic rings. The highest BCUT2D eigenvalue weighted by atomic mass is 15.3. The van der Waals surface area contributed by atoms with Crippen molar-refractivity contribution in [3.63, 3.8) is 0 Å². The van der Waals surface area contributed by atoms with E-state index in [-0.39, 0.29) is 0 Å². The van der Waals surface area contributed by atoms with Crippen LogP contribution in [0.3, 0.4) is 0 Å². The Kier molecular flexibility index (Phi) is 3.25. The average Bonchev–Trinajstić information content (AvgIpc) is 2.64. The van der Waals surface area contributed by atoms with Crippen LogP contribution in [-0.4, -0.2) is 16.4 Å². The largest absolute Gasteiger partial charge is 0.396 e. The first-order valence-corrected chi connectivity index (χ1v) is 7.56. The van der Waals surface area contributed by atoms with Crippen LogP contribution in [0.25, 0.3) is 22.0 Å². The van der Waals surface area contributed by atoms with Gasteiger partial charge in [-0.1, -0.05) is 54.6 Å². The number of aliphatic imine (C=N–C) groups is 1. The maximum Gasteiger partial charge on any atom is 0.228 e. The molecule has 0 saturated carbocycles. The Morgan fingerprint density at radius 1 is 0.875 bits per heavy atom. The van der Waals surface area contributed by atoms with Crippen LogP contribution in [0.15, 0.2) is 71.5 Å². The predicted molar refractivity (Wildman–Crippen MR) is 94.7 cm³/mol. The van der Waals surface area contributed by atoms with E-state index in [1.54, 1.807) is 6.20 Å². The number of benzene rings is 2. The van der Waals surface area contributed by atoms with Crippen molar-refractivity contribution in [1.82, 2.24) is 15.5 Å². The summed E-state index contributed by atoms with van der Waals surface area (Å²) in [6.07, 6.45) is 3.15. The normalized spacial score (nSPS) is 19.8. The van der Waals surface area contributed by atoms with Gasteiger partial charge in [0.05, 0.1) is 11.9 Å². The monoisotopic (exact) mass is 316 g/mol. The van der Waals surface area contributed by atoms with Gasteiger partial charge in [0.25, 0.3) is 0 Å². The van der Waals surface area contributed by atoms with Crippen LogP contribution >= 0.6 is 0 Å². The topological polar surface area (TPSA) is 102 Å². The lowest BCUT2D eigenvalue weighted by atomic mass is 10.0. The molecule has 4 rings (SSSR count). The summed E-state index contributed by atoms with van der Waals surface area (Å²) in [5.41, 5.74) is 15.0. The number of fused-ring (bicyclic) bond motifs is 1. The second kappa shape index (κ2) is 5.43. The molecule has 0 aliphatic carbocycles. The number of hydrogen-bond donors (Lipinski definition) is 3. The van der Waals surface area contributed by atoms with Crippen molar-refractivity contribution < 1.29 is 0 Å². The van der Waals surface area contributed by atoms with E-state index in [0.29, 0.717) is 11.4 Å². The Morgan fingerprint density at radius 3 is 2.29 bits per heavy atom. The molecular formula is C18H16N6. The molecule has 1 unspecified atom stereocenters. The molecule has 24 heavy (non-hydrogen) atoms. The fraction of sp³-hybridized carbons (Fsp3) is 0.0556. The first kappa shape index (κ1) is 14.3. The summed E-state index contributed by atoms with van der Waals surface area (Å²) >= 11 is 0. The quantitative estimate of drug-likeness (QED) is 0.669. The second-order valence-electron chi connectivity index (χ2n) is 5.62. The summed E-state index contributed by atoms with van der Waals surface area (Å²) in [6.45, 7) is 0. The van der Waals surface area contributed by atoms with Crippen molar-refractivity contribution in [3.05, 3.63) is 72.2 Å². The average molecular weight is 316 g/mol. The molecule has 118 valence electrons. The van der Waals surface area contributed by atoms with Crippen LogP contribution < -0.4 is 16.8 Å². The van der Waals surface area contributed by atoms with Gasteiger partial charge < -0.3 is 11.1 Å². The van der Waals surface area contributed by atoms with Crippen molar-refractivity contribution in [2.45, 2.75) is 5.79 Å². The zero-order valence-corrected chi connectivity index (χ0v) is 12.8. The smallest absolute Gasteiger partial charge is 0.228 e. The maximum atomic E-state index is 6.39. The van der Waals surface area contributed by atoms with Gasteiger partial charge in [-0.2, -0.15) is 0 Å². The molecule has 5 N–H and O–H groups in total. The van der Waals surface area contributed by atoms with E-state index in [1.807, 2.05) is 54.6 Å². The van der Waals surface area contributed by atoms with Crippen molar-refractivity contribution >= 4 is 17.0 Å². The van der Waals surface area contributed by atoms with E-state index in [1.165, 1.54) is 6.21 Å². The van der Waals surface area contributed by atoms with Crippen LogP contribution in [0.5, 0.6) is 0 Å². The third kappa shape index (κ3) is 2.29. The summed E-state index contributed by atoms with van der Waals surface area (Å²) in [6, 6.07) is 17.8. The molecule has 0 fully saturated rings. The Hall–Kier alpha value is -3.25. The van der Waals surface area contributed by atoms with Gasteiger partial charge in [-0.25, -0.2) is 4.99 Å². The summed E-state index contributed by atoms with van der Waals surface area (Å²) in [5, 5.41) is 13.7. The van der Waals surface area contributed by atoms with Gasteiger partial charge in [-0.15, -0.1) is 10.2 Å². The van der Waals surface area contributed by atoms with Gasteiger partial charge in [0.2, 0.25) is 5.79 Å². The highest BCUT2D eigenvalue weighted by Crippen LogP contribution is 2.31. The Morgan fingerprint density at radius 2 is 1.58 bits per heavy atom. The zero-order valence-electron chi connectivity index (χ0n) is 12.8. The highest BCUT2D eigenvalue weighted by molar-refractivity contribution is 5.96. The maximum absolute atomic E-state index is 6.39. The number of nitrogens with one attached hydrogen (secondary N) is 1. The minimum absolute atomic E-state index is 0.509. The minimum atomic E-state index is -1.19. The van der Waals surface area contributed by atoms with Crippen LogP contribution in [0.2, 0.25) is 0 Å². The lowest BCUT2D eigenvalue weighted by Crippen LogP contribution is -2.49. The zero-order chi connectivity index (χ0) is 16.6. The molecule has 2 aromatic carbocycles. The Labute approximate surface area is 138 Å². The third-order valence-electron chi connectivity index (χ3n) is 3.97. The van der Waals surface area contributed by atoms with Crippen molar-refractivity contribution in [1.29, 1.82) is 0 Å². The molecule has 1 aliphatic heterocycles. The van der Waals surface area contributed by atoms with Crippen molar-refractivity contribution in [2.75, 3.05) is 0 Å². The summed E-state index contributed by atoms with van der Waals surface area (Å²) in [5.74, 6) is -1.19. The fourth-order valence-electron chi connectivity index (χ4n) is 2.77. The second-order valence-corrected chi connectivity index (χ2v) is 5.62. The summed E-state index contributed by atoms with van der Waals surface area (Å²) < 4.78 is 0. The SMILES string of the molecule is NC1=CNC(N)(c2nnc(-c3ccccc3)c3ccccc23)N=C1. The number of aromatic nitrogens is 2. The molecule has 1 aromatic heterocycles. The summed E-state index contributed by atoms with van der Waals surface area (Å²) in [4.78, 5) is 4.31. The van der Waals surface area contributed by atoms with E-state index in [0.717, 1.165) is 22.0 Å². The molecule has 6 heteroatoms. The van der Waals surface area contributed by atoms with Gasteiger partial charge in [-0.05, 0) is 0 Å². The lowest BCUT2D eigenvalue weighted by molar-refractivity contribution is 0.398. The van der Waals surface area contributed by atoms with Crippen LogP contribution in [-0.2, 0) is 5.79 Å². The number of allylic oxidation sites excluding steroid dienone is 1. The highest BCUT2D eigenvalue weighted by Gasteiger charge is 2.31. The molecule has 0 amide bonds. The molecule has 0 bridgehead atoms. The summed E-state index contributed by atoms with van der Waals surface area (Å²) in [7, 11) is 0. The molecule has 6 nitrogen and oxygen atoms in total. The number of rotatable bonds is 2. The molecule has 0 spiro atoms. The van der Waals surface area contributed by atoms with Crippen molar-refractivity contribution in [2.24, 2.45) is 16.5 Å². The molecule has 3 aromatic rings. The standard InChI is InChI=1S/C18H16N6/c19-13-10-21-18(20,22-11-13)17-15-9-5-4-8-14(15)16(23-24-17)12-6-2-1-3-7-12/h1-11,21H,19-20H2. The fourth-order valence-corrected chi connectivity index (χ4v) is 2.77. The molecule has 0 radical (unpaired) electrons. The van der Waals surface area contributed by atoms with Gasteiger partial charge in [-0.3, -0.25) is 5.73 Å². The Bertz CT molecular complexity index is 964. The van der Waals surface area contributed by atoms with E-state index >= 15 is 0 Å². The van der Waals surface area contributed by atoms with Gasteiger partial charge >= 0.3 is 0 Å². The molecule has 1 atom stereocenters. The Balaban J connectivity index is 1.93. The van der Waals surface area contributed by atoms with Crippen LogP contribution in [0, 0.1) is 0 Å². The molecular weight excluding hydrogens is 300 g/mol. The number of hydrogen-bond acceptors (Lipinski definition) is 6. The van der Waals surface area contributed by atoms with E-state index in [4.69, 9.17) is 11.5 Å². The first-order valence-electron chi connectivity index (χ1n) is 7.56. The lowest BCUT2D eigenvalue weighted by Gasteiger charge is -2.28. The first-order chi connectivity index (χ1) is 11.7. The van der Waals surface area contributed by atoms with Gasteiger partial charge in [0, 0.05) is 22.5 Å².